The smallest absolute Gasteiger partial charge is 0.306 e. The Hall–Kier alpha value is -0.790. The first-order chi connectivity index (χ1) is 6.81. The minimum Gasteiger partial charge on any atom is -0.465 e. The maximum Gasteiger partial charge on any atom is 0.306 e. The van der Waals surface area contributed by atoms with Crippen LogP contribution in [-0.2, 0) is 9.53 Å². The number of allylic oxidation sites excluding steroid dienone is 2. The summed E-state index contributed by atoms with van der Waals surface area (Å²) in [4.78, 5) is 11.0. The van der Waals surface area contributed by atoms with Gasteiger partial charge < -0.3 is 4.74 Å². The van der Waals surface area contributed by atoms with Gasteiger partial charge in [0.1, 0.15) is 0 Å². The van der Waals surface area contributed by atoms with Crippen LogP contribution in [0.2, 0.25) is 0 Å². The van der Waals surface area contributed by atoms with E-state index in [1.54, 1.807) is 0 Å². The number of fused-ring (bicyclic) bond motifs is 2. The normalized spacial score (nSPS) is 44.7. The van der Waals surface area contributed by atoms with Gasteiger partial charge in [0.05, 0.1) is 13.0 Å². The Bertz CT molecular complexity index is 282. The zero-order valence-electron chi connectivity index (χ0n) is 8.32. The summed E-state index contributed by atoms with van der Waals surface area (Å²) in [5, 5.41) is 0. The fourth-order valence-electron chi connectivity index (χ4n) is 3.31. The van der Waals surface area contributed by atoms with Crippen molar-refractivity contribution < 1.29 is 9.53 Å². The summed E-state index contributed by atoms with van der Waals surface area (Å²) >= 11 is 0. The second-order valence-corrected chi connectivity index (χ2v) is 5.03. The summed E-state index contributed by atoms with van der Waals surface area (Å²) < 4.78 is 5.00. The first-order valence-corrected chi connectivity index (χ1v) is 5.65. The highest BCUT2D eigenvalue weighted by Crippen LogP contribution is 2.46. The molecule has 0 N–H and O–H groups in total. The molecule has 2 aliphatic carbocycles. The third-order valence-electron chi connectivity index (χ3n) is 3.99. The molecule has 0 aromatic heterocycles. The highest BCUT2D eigenvalue weighted by Gasteiger charge is 2.38. The number of rotatable bonds is 2. The number of carbonyl (C=O) groups excluding carboxylic acids is 1. The second-order valence-electron chi connectivity index (χ2n) is 5.03. The van der Waals surface area contributed by atoms with Gasteiger partial charge in [-0.3, -0.25) is 4.79 Å². The van der Waals surface area contributed by atoms with Crippen molar-refractivity contribution in [3.8, 4) is 0 Å². The number of hydrogen-bond acceptors (Lipinski definition) is 2. The molecule has 2 heteroatoms. The first kappa shape index (κ1) is 8.51. The summed E-state index contributed by atoms with van der Waals surface area (Å²) in [6.07, 6.45) is 9.35. The average molecular weight is 192 g/mol. The minimum atomic E-state index is 0.00805. The molecule has 14 heavy (non-hydrogen) atoms. The topological polar surface area (TPSA) is 26.3 Å². The minimum absolute atomic E-state index is 0.00805. The van der Waals surface area contributed by atoms with Gasteiger partial charge in [0.25, 0.3) is 0 Å². The molecule has 0 spiro atoms. The van der Waals surface area contributed by atoms with Crippen LogP contribution in [0.15, 0.2) is 12.2 Å². The summed E-state index contributed by atoms with van der Waals surface area (Å²) in [6.45, 7) is 0.677. The van der Waals surface area contributed by atoms with Gasteiger partial charge in [-0.15, -0.1) is 0 Å². The summed E-state index contributed by atoms with van der Waals surface area (Å²) in [7, 11) is 0. The van der Waals surface area contributed by atoms with E-state index in [9.17, 15) is 4.79 Å². The van der Waals surface area contributed by atoms with E-state index < -0.39 is 0 Å². The molecule has 3 aliphatic rings. The molecule has 1 saturated carbocycles. The van der Waals surface area contributed by atoms with Crippen molar-refractivity contribution in [1.82, 2.24) is 0 Å². The van der Waals surface area contributed by atoms with Crippen LogP contribution in [0.25, 0.3) is 0 Å². The van der Waals surface area contributed by atoms with Gasteiger partial charge in [0, 0.05) is 5.92 Å². The highest BCUT2D eigenvalue weighted by molar-refractivity contribution is 5.71. The van der Waals surface area contributed by atoms with Crippen LogP contribution in [-0.4, -0.2) is 12.6 Å². The summed E-state index contributed by atoms with van der Waals surface area (Å²) in [5.41, 5.74) is 0. The molecule has 0 amide bonds. The fourth-order valence-corrected chi connectivity index (χ4v) is 3.31. The Labute approximate surface area is 84.3 Å². The third-order valence-corrected chi connectivity index (χ3v) is 3.99. The van der Waals surface area contributed by atoms with Gasteiger partial charge in [-0.2, -0.15) is 0 Å². The van der Waals surface area contributed by atoms with Gasteiger partial charge in [-0.1, -0.05) is 12.2 Å². The predicted octanol–water partition coefficient (Wildman–Crippen LogP) is 2.15. The van der Waals surface area contributed by atoms with E-state index in [4.69, 9.17) is 4.74 Å². The Kier molecular flexibility index (Phi) is 1.89. The highest BCUT2D eigenvalue weighted by atomic mass is 16.5. The fraction of sp³-hybridized carbons (Fsp3) is 0.750. The molecule has 2 fully saturated rings. The molecular formula is C12H16O2. The SMILES string of the molecule is O=C1CC(CC2C[C@H]3C=CC2C3)CO1. The van der Waals surface area contributed by atoms with Crippen molar-refractivity contribution in [3.05, 3.63) is 12.2 Å². The van der Waals surface area contributed by atoms with E-state index in [1.807, 2.05) is 0 Å². The van der Waals surface area contributed by atoms with Gasteiger partial charge in [0.2, 0.25) is 0 Å². The van der Waals surface area contributed by atoms with Crippen LogP contribution in [0.1, 0.15) is 25.7 Å². The number of esters is 1. The van der Waals surface area contributed by atoms with E-state index in [1.165, 1.54) is 19.3 Å². The second kappa shape index (κ2) is 3.11. The molecule has 3 unspecified atom stereocenters. The number of carbonyl (C=O) groups is 1. The lowest BCUT2D eigenvalue weighted by Crippen LogP contribution is -2.13. The summed E-state index contributed by atoms with van der Waals surface area (Å²) in [6, 6.07) is 0. The number of hydrogen-bond donors (Lipinski definition) is 0. The molecule has 0 aromatic rings. The van der Waals surface area contributed by atoms with Crippen molar-refractivity contribution in [2.45, 2.75) is 25.7 Å². The van der Waals surface area contributed by atoms with Crippen LogP contribution in [0, 0.1) is 23.7 Å². The Morgan fingerprint density at radius 2 is 2.29 bits per heavy atom. The molecular weight excluding hydrogens is 176 g/mol. The molecule has 0 radical (unpaired) electrons. The van der Waals surface area contributed by atoms with Crippen LogP contribution in [0.4, 0.5) is 0 Å². The Morgan fingerprint density at radius 3 is 2.86 bits per heavy atom. The van der Waals surface area contributed by atoms with E-state index in [0.717, 1.165) is 17.8 Å². The molecule has 1 aliphatic heterocycles. The number of ether oxygens (including phenoxy) is 1. The molecule has 76 valence electrons. The molecule has 4 atom stereocenters. The Morgan fingerprint density at radius 1 is 1.36 bits per heavy atom. The lowest BCUT2D eigenvalue weighted by atomic mass is 9.85. The average Bonchev–Trinajstić information content (AvgIpc) is 2.82. The molecule has 2 bridgehead atoms. The molecule has 1 heterocycles. The lowest BCUT2D eigenvalue weighted by molar-refractivity contribution is -0.137. The van der Waals surface area contributed by atoms with Crippen molar-refractivity contribution in [2.75, 3.05) is 6.61 Å². The lowest BCUT2D eigenvalue weighted by Gasteiger charge is -2.20. The van der Waals surface area contributed by atoms with Gasteiger partial charge >= 0.3 is 5.97 Å². The van der Waals surface area contributed by atoms with E-state index in [2.05, 4.69) is 12.2 Å². The van der Waals surface area contributed by atoms with E-state index in [0.29, 0.717) is 18.9 Å². The Balaban J connectivity index is 1.58. The largest absolute Gasteiger partial charge is 0.465 e. The van der Waals surface area contributed by atoms with Crippen LogP contribution >= 0.6 is 0 Å². The zero-order valence-corrected chi connectivity index (χ0v) is 8.32. The number of cyclic esters (lactones) is 1. The van der Waals surface area contributed by atoms with Gasteiger partial charge in [-0.05, 0) is 37.0 Å². The molecule has 2 nitrogen and oxygen atoms in total. The van der Waals surface area contributed by atoms with Crippen molar-refractivity contribution >= 4 is 5.97 Å². The van der Waals surface area contributed by atoms with E-state index in [-0.39, 0.29) is 5.97 Å². The first-order valence-electron chi connectivity index (χ1n) is 5.65. The monoisotopic (exact) mass is 192 g/mol. The zero-order chi connectivity index (χ0) is 9.54. The van der Waals surface area contributed by atoms with Gasteiger partial charge in [0.15, 0.2) is 0 Å². The van der Waals surface area contributed by atoms with Crippen molar-refractivity contribution in [3.63, 3.8) is 0 Å². The molecule has 1 saturated heterocycles. The summed E-state index contributed by atoms with van der Waals surface area (Å²) in [5.74, 6) is 3.03. The van der Waals surface area contributed by atoms with E-state index >= 15 is 0 Å². The quantitative estimate of drug-likeness (QED) is 0.495. The van der Waals surface area contributed by atoms with Crippen LogP contribution in [0.5, 0.6) is 0 Å². The van der Waals surface area contributed by atoms with Crippen molar-refractivity contribution in [2.24, 2.45) is 23.7 Å². The maximum absolute atomic E-state index is 11.0. The van der Waals surface area contributed by atoms with Crippen molar-refractivity contribution in [1.29, 1.82) is 0 Å². The third kappa shape index (κ3) is 1.37. The molecule has 0 aromatic carbocycles. The van der Waals surface area contributed by atoms with Gasteiger partial charge in [-0.25, -0.2) is 0 Å². The van der Waals surface area contributed by atoms with Crippen LogP contribution in [0.3, 0.4) is 0 Å². The maximum atomic E-state index is 11.0. The predicted molar refractivity (Wildman–Crippen MR) is 52.5 cm³/mol. The van der Waals surface area contributed by atoms with Crippen LogP contribution < -0.4 is 0 Å². The molecule has 3 rings (SSSR count). The standard InChI is InChI=1S/C12H16O2/c13-12-6-9(7-14-12)5-11-4-8-1-2-10(11)3-8/h1-2,8-11H,3-7H2/t8-,9?,10?,11?/m0/s1.